The van der Waals surface area contributed by atoms with Gasteiger partial charge in [-0.1, -0.05) is 0 Å². The Hall–Kier alpha value is -1.34. The minimum atomic E-state index is -1.45. The molecule has 0 aromatic rings. The minimum Gasteiger partial charge on any atom is -0.479 e. The Morgan fingerprint density at radius 3 is 2.39 bits per heavy atom. The summed E-state index contributed by atoms with van der Waals surface area (Å²) in [4.78, 5) is 21.8. The molecule has 0 spiro atoms. The maximum atomic E-state index is 11.4. The molecule has 0 bridgehead atoms. The molecule has 5 N–H and O–H groups in total. The number of amides is 2. The summed E-state index contributed by atoms with van der Waals surface area (Å²) in [5.41, 5.74) is 0. The minimum absolute atomic E-state index is 0.0217. The van der Waals surface area contributed by atoms with Crippen LogP contribution in [0.2, 0.25) is 0 Å². The molecule has 0 heterocycles. The van der Waals surface area contributed by atoms with Crippen molar-refractivity contribution < 1.29 is 24.9 Å². The highest BCUT2D eigenvalue weighted by atomic mass is 16.4. The van der Waals surface area contributed by atoms with E-state index in [4.69, 9.17) is 10.2 Å². The molecule has 0 aliphatic heterocycles. The Balaban J connectivity index is 2.12. The lowest BCUT2D eigenvalue weighted by molar-refractivity contribution is -0.146. The van der Waals surface area contributed by atoms with Gasteiger partial charge in [-0.25, -0.2) is 9.59 Å². The van der Waals surface area contributed by atoms with E-state index in [1.807, 2.05) is 0 Å². The van der Waals surface area contributed by atoms with E-state index in [0.29, 0.717) is 12.8 Å². The second kappa shape index (κ2) is 7.17. The van der Waals surface area contributed by atoms with Crippen LogP contribution in [-0.2, 0) is 4.79 Å². The van der Waals surface area contributed by atoms with Crippen molar-refractivity contribution in [1.82, 2.24) is 10.6 Å². The van der Waals surface area contributed by atoms with Gasteiger partial charge in [-0.15, -0.1) is 0 Å². The number of urea groups is 1. The summed E-state index contributed by atoms with van der Waals surface area (Å²) in [6.07, 6.45) is 1.11. The van der Waals surface area contributed by atoms with Gasteiger partial charge < -0.3 is 26.0 Å². The largest absolute Gasteiger partial charge is 0.479 e. The van der Waals surface area contributed by atoms with Crippen molar-refractivity contribution in [1.29, 1.82) is 0 Å². The number of carbonyl (C=O) groups excluding carboxylic acids is 1. The van der Waals surface area contributed by atoms with Crippen molar-refractivity contribution in [2.24, 2.45) is 0 Å². The van der Waals surface area contributed by atoms with Crippen LogP contribution in [0.15, 0.2) is 0 Å². The van der Waals surface area contributed by atoms with Crippen LogP contribution < -0.4 is 10.6 Å². The maximum absolute atomic E-state index is 11.4. The molecule has 1 aliphatic rings. The maximum Gasteiger partial charge on any atom is 0.332 e. The van der Waals surface area contributed by atoms with Crippen molar-refractivity contribution in [3.8, 4) is 0 Å². The van der Waals surface area contributed by atoms with Gasteiger partial charge >= 0.3 is 12.0 Å². The zero-order chi connectivity index (χ0) is 13.5. The van der Waals surface area contributed by atoms with Crippen molar-refractivity contribution in [3.63, 3.8) is 0 Å². The Kier molecular flexibility index (Phi) is 5.87. The number of aliphatic carboxylic acids is 1. The number of hydrogen-bond donors (Lipinski definition) is 5. The Bertz CT molecular complexity index is 289. The number of carboxylic acids is 1. The van der Waals surface area contributed by atoms with Gasteiger partial charge in [0.15, 0.2) is 6.10 Å². The lowest BCUT2D eigenvalue weighted by Gasteiger charge is -2.26. The molecule has 0 aromatic carbocycles. The number of carbonyl (C=O) groups is 2. The van der Waals surface area contributed by atoms with E-state index in [-0.39, 0.29) is 31.1 Å². The molecule has 104 valence electrons. The van der Waals surface area contributed by atoms with Crippen LogP contribution in [0.4, 0.5) is 4.79 Å². The molecule has 1 aliphatic carbocycles. The number of rotatable bonds is 5. The first-order valence-corrected chi connectivity index (χ1v) is 6.12. The molecular formula is C11H20N2O5. The van der Waals surface area contributed by atoms with E-state index in [1.54, 1.807) is 0 Å². The summed E-state index contributed by atoms with van der Waals surface area (Å²) in [6, 6.07) is -0.313. The van der Waals surface area contributed by atoms with Crippen LogP contribution in [0, 0.1) is 0 Å². The zero-order valence-electron chi connectivity index (χ0n) is 10.1. The van der Waals surface area contributed by atoms with Crippen LogP contribution in [0.5, 0.6) is 0 Å². The van der Waals surface area contributed by atoms with Crippen LogP contribution in [0.25, 0.3) is 0 Å². The highest BCUT2D eigenvalue weighted by molar-refractivity contribution is 5.74. The fraction of sp³-hybridized carbons (Fsp3) is 0.818. The van der Waals surface area contributed by atoms with Crippen molar-refractivity contribution in [3.05, 3.63) is 0 Å². The summed E-state index contributed by atoms with van der Waals surface area (Å²) >= 11 is 0. The molecule has 1 atom stereocenters. The average molecular weight is 260 g/mol. The number of aliphatic hydroxyl groups is 2. The topological polar surface area (TPSA) is 119 Å². The first-order valence-electron chi connectivity index (χ1n) is 6.12. The molecule has 1 unspecified atom stereocenters. The summed E-state index contributed by atoms with van der Waals surface area (Å²) in [5.74, 6) is -1.29. The fourth-order valence-electron chi connectivity index (χ4n) is 1.90. The molecule has 7 heteroatoms. The number of nitrogens with one attached hydrogen (secondary N) is 2. The predicted molar refractivity (Wildman–Crippen MR) is 63.1 cm³/mol. The first-order chi connectivity index (χ1) is 8.49. The third-order valence-electron chi connectivity index (χ3n) is 3.02. The Morgan fingerprint density at radius 2 is 1.83 bits per heavy atom. The van der Waals surface area contributed by atoms with E-state index >= 15 is 0 Å². The average Bonchev–Trinajstić information content (AvgIpc) is 2.32. The molecule has 7 nitrogen and oxygen atoms in total. The predicted octanol–water partition coefficient (Wildman–Crippen LogP) is -0.575. The van der Waals surface area contributed by atoms with Gasteiger partial charge in [0.25, 0.3) is 0 Å². The molecular weight excluding hydrogens is 240 g/mol. The van der Waals surface area contributed by atoms with E-state index in [9.17, 15) is 14.7 Å². The van der Waals surface area contributed by atoms with Crippen LogP contribution in [0.3, 0.4) is 0 Å². The molecule has 2 amide bonds. The van der Waals surface area contributed by atoms with Gasteiger partial charge in [-0.3, -0.25) is 0 Å². The third-order valence-corrected chi connectivity index (χ3v) is 3.02. The van der Waals surface area contributed by atoms with Gasteiger partial charge in [0, 0.05) is 19.0 Å². The van der Waals surface area contributed by atoms with Gasteiger partial charge in [-0.05, 0) is 25.7 Å². The molecule has 1 rings (SSSR count). The standard InChI is InChI=1S/C11H20N2O5/c14-8-3-1-7(2-4-8)13-11(18)12-6-5-9(15)10(16)17/h7-9,14-15H,1-6H2,(H,16,17)(H2,12,13,18). The van der Waals surface area contributed by atoms with Crippen LogP contribution >= 0.6 is 0 Å². The SMILES string of the molecule is O=C(NCCC(O)C(=O)O)NC1CCC(O)CC1. The number of hydrogen-bond acceptors (Lipinski definition) is 4. The van der Waals surface area contributed by atoms with Gasteiger partial charge in [0.1, 0.15) is 0 Å². The van der Waals surface area contributed by atoms with E-state index < -0.39 is 12.1 Å². The molecule has 0 saturated heterocycles. The normalized spacial score (nSPS) is 25.2. The molecule has 1 fully saturated rings. The van der Waals surface area contributed by atoms with Crippen LogP contribution in [-0.4, -0.2) is 52.1 Å². The molecule has 0 radical (unpaired) electrons. The van der Waals surface area contributed by atoms with E-state index in [2.05, 4.69) is 10.6 Å². The van der Waals surface area contributed by atoms with Crippen molar-refractivity contribution in [2.75, 3.05) is 6.54 Å². The highest BCUT2D eigenvalue weighted by Gasteiger charge is 2.20. The monoisotopic (exact) mass is 260 g/mol. The summed E-state index contributed by atoms with van der Waals surface area (Å²) in [6.45, 7) is 0.106. The Morgan fingerprint density at radius 1 is 1.22 bits per heavy atom. The molecule has 0 aromatic heterocycles. The molecule has 18 heavy (non-hydrogen) atoms. The molecule has 1 saturated carbocycles. The third kappa shape index (κ3) is 5.33. The number of carboxylic acid groups (broad SMARTS) is 1. The highest BCUT2D eigenvalue weighted by Crippen LogP contribution is 2.17. The first kappa shape index (κ1) is 14.7. The lowest BCUT2D eigenvalue weighted by Crippen LogP contribution is -2.45. The van der Waals surface area contributed by atoms with Crippen molar-refractivity contribution >= 4 is 12.0 Å². The van der Waals surface area contributed by atoms with Crippen molar-refractivity contribution in [2.45, 2.75) is 50.4 Å². The van der Waals surface area contributed by atoms with E-state index in [1.165, 1.54) is 0 Å². The van der Waals surface area contributed by atoms with Gasteiger partial charge in [-0.2, -0.15) is 0 Å². The van der Waals surface area contributed by atoms with Crippen LogP contribution in [0.1, 0.15) is 32.1 Å². The van der Waals surface area contributed by atoms with E-state index in [0.717, 1.165) is 12.8 Å². The quantitative estimate of drug-likeness (QED) is 0.453. The summed E-state index contributed by atoms with van der Waals surface area (Å²) in [5, 5.41) is 32.0. The van der Waals surface area contributed by atoms with Gasteiger partial charge in [0.05, 0.1) is 6.10 Å². The van der Waals surface area contributed by atoms with Gasteiger partial charge in [0.2, 0.25) is 0 Å². The summed E-state index contributed by atoms with van der Waals surface area (Å²) < 4.78 is 0. The second-order valence-electron chi connectivity index (χ2n) is 4.55. The zero-order valence-corrected chi connectivity index (χ0v) is 10.1. The smallest absolute Gasteiger partial charge is 0.332 e. The lowest BCUT2D eigenvalue weighted by atomic mass is 9.93. The second-order valence-corrected chi connectivity index (χ2v) is 4.55. The summed E-state index contributed by atoms with van der Waals surface area (Å²) in [7, 11) is 0. The Labute approximate surface area is 105 Å². The number of aliphatic hydroxyl groups excluding tert-OH is 2. The fourth-order valence-corrected chi connectivity index (χ4v) is 1.90.